The summed E-state index contributed by atoms with van der Waals surface area (Å²) < 4.78 is 11.0. The Balaban J connectivity index is 1.63. The lowest BCUT2D eigenvalue weighted by Crippen LogP contribution is -2.10. The molecule has 24 heavy (non-hydrogen) atoms. The zero-order valence-electron chi connectivity index (χ0n) is 14.2. The summed E-state index contributed by atoms with van der Waals surface area (Å²) in [5.41, 5.74) is 4.51. The highest BCUT2D eigenvalue weighted by Crippen LogP contribution is 2.31. The molecule has 122 valence electrons. The number of nitrogens with zero attached hydrogens (tertiary/aromatic N) is 2. The van der Waals surface area contributed by atoms with Crippen molar-refractivity contribution in [3.63, 3.8) is 0 Å². The van der Waals surface area contributed by atoms with Crippen LogP contribution in [0.5, 0.6) is 5.75 Å². The molecule has 2 aromatic carbocycles. The van der Waals surface area contributed by atoms with E-state index in [4.69, 9.17) is 9.26 Å². The molecule has 2 heterocycles. The highest BCUT2D eigenvalue weighted by Gasteiger charge is 2.17. The topological polar surface area (TPSA) is 48.2 Å². The molecule has 0 spiro atoms. The molecule has 0 radical (unpaired) electrons. The first-order chi connectivity index (χ1) is 11.5. The maximum absolute atomic E-state index is 5.54. The number of ether oxygens (including phenoxy) is 1. The zero-order valence-corrected chi connectivity index (χ0v) is 14.2. The molecule has 0 saturated heterocycles. The predicted octanol–water partition coefficient (Wildman–Crippen LogP) is 4.64. The van der Waals surface area contributed by atoms with E-state index in [-0.39, 0.29) is 5.41 Å². The zero-order chi connectivity index (χ0) is 16.7. The molecule has 1 aliphatic rings. The average Bonchev–Trinajstić information content (AvgIpc) is 3.22. The van der Waals surface area contributed by atoms with Crippen LogP contribution in [0.2, 0.25) is 0 Å². The second-order valence-electron chi connectivity index (χ2n) is 7.17. The van der Waals surface area contributed by atoms with Gasteiger partial charge in [0.2, 0.25) is 5.82 Å². The lowest BCUT2D eigenvalue weighted by molar-refractivity contribution is 0.357. The Morgan fingerprint density at radius 1 is 0.958 bits per heavy atom. The van der Waals surface area contributed by atoms with Crippen LogP contribution in [-0.2, 0) is 11.8 Å². The fourth-order valence-corrected chi connectivity index (χ4v) is 2.90. The van der Waals surface area contributed by atoms with Crippen LogP contribution in [0.3, 0.4) is 0 Å². The number of benzene rings is 2. The Morgan fingerprint density at radius 3 is 2.46 bits per heavy atom. The number of aromatic nitrogens is 2. The highest BCUT2D eigenvalue weighted by molar-refractivity contribution is 5.62. The van der Waals surface area contributed by atoms with E-state index in [1.807, 2.05) is 24.3 Å². The van der Waals surface area contributed by atoms with Gasteiger partial charge >= 0.3 is 0 Å². The van der Waals surface area contributed by atoms with Crippen LogP contribution in [0.15, 0.2) is 47.0 Å². The third-order valence-corrected chi connectivity index (χ3v) is 4.37. The molecule has 0 amide bonds. The van der Waals surface area contributed by atoms with E-state index in [1.54, 1.807) is 0 Å². The minimum atomic E-state index is 0.132. The summed E-state index contributed by atoms with van der Waals surface area (Å²) in [6.45, 7) is 7.35. The molecule has 4 nitrogen and oxygen atoms in total. The number of hydrogen-bond acceptors (Lipinski definition) is 4. The van der Waals surface area contributed by atoms with Gasteiger partial charge < -0.3 is 9.26 Å². The van der Waals surface area contributed by atoms with Crippen molar-refractivity contribution in [2.75, 3.05) is 6.61 Å². The van der Waals surface area contributed by atoms with Crippen molar-refractivity contribution in [2.24, 2.45) is 0 Å². The van der Waals surface area contributed by atoms with Crippen LogP contribution in [-0.4, -0.2) is 16.7 Å². The summed E-state index contributed by atoms with van der Waals surface area (Å²) in [5, 5.41) is 4.13. The van der Waals surface area contributed by atoms with Crippen molar-refractivity contribution in [1.82, 2.24) is 10.1 Å². The van der Waals surface area contributed by atoms with Crippen molar-refractivity contribution in [3.8, 4) is 28.6 Å². The molecule has 4 rings (SSSR count). The molecule has 0 unspecified atom stereocenters. The molecule has 1 aliphatic heterocycles. The van der Waals surface area contributed by atoms with Crippen LogP contribution in [0.1, 0.15) is 31.9 Å². The van der Waals surface area contributed by atoms with Crippen molar-refractivity contribution >= 4 is 0 Å². The molecule has 0 saturated carbocycles. The molecule has 4 heteroatoms. The number of fused-ring (bicyclic) bond motifs is 1. The van der Waals surface area contributed by atoms with Crippen molar-refractivity contribution < 1.29 is 9.26 Å². The second-order valence-corrected chi connectivity index (χ2v) is 7.17. The van der Waals surface area contributed by atoms with E-state index in [2.05, 4.69) is 49.1 Å². The van der Waals surface area contributed by atoms with E-state index in [1.165, 1.54) is 11.1 Å². The maximum atomic E-state index is 5.54. The van der Waals surface area contributed by atoms with Crippen LogP contribution in [0, 0.1) is 0 Å². The largest absolute Gasteiger partial charge is 0.493 e. The Morgan fingerprint density at radius 2 is 1.71 bits per heavy atom. The Kier molecular flexibility index (Phi) is 3.41. The van der Waals surface area contributed by atoms with Crippen molar-refractivity contribution in [1.29, 1.82) is 0 Å². The van der Waals surface area contributed by atoms with Crippen LogP contribution < -0.4 is 4.74 Å². The summed E-state index contributed by atoms with van der Waals surface area (Å²) >= 11 is 0. The number of hydrogen-bond donors (Lipinski definition) is 0. The van der Waals surface area contributed by atoms with Gasteiger partial charge in [0.25, 0.3) is 5.89 Å². The first kappa shape index (κ1) is 14.9. The highest BCUT2D eigenvalue weighted by atomic mass is 16.5. The normalized spacial score (nSPS) is 13.6. The standard InChI is InChI=1S/C20H20N2O2/c1-20(2,3)16-7-4-13(5-8-16)18-21-19(24-22-18)15-6-9-17-14(12-15)10-11-23-17/h4-9,12H,10-11H2,1-3H3. The summed E-state index contributed by atoms with van der Waals surface area (Å²) in [7, 11) is 0. The Bertz CT molecular complexity index is 873. The summed E-state index contributed by atoms with van der Waals surface area (Å²) in [5.74, 6) is 2.11. The van der Waals surface area contributed by atoms with E-state index in [0.717, 1.165) is 29.9 Å². The van der Waals surface area contributed by atoms with Gasteiger partial charge in [-0.15, -0.1) is 0 Å². The summed E-state index contributed by atoms with van der Waals surface area (Å²) in [6, 6.07) is 14.3. The van der Waals surface area contributed by atoms with E-state index < -0.39 is 0 Å². The van der Waals surface area contributed by atoms with Gasteiger partial charge in [-0.3, -0.25) is 0 Å². The minimum absolute atomic E-state index is 0.132. The Hall–Kier alpha value is -2.62. The van der Waals surface area contributed by atoms with Crippen LogP contribution in [0.25, 0.3) is 22.8 Å². The lowest BCUT2D eigenvalue weighted by atomic mass is 9.87. The fourth-order valence-electron chi connectivity index (χ4n) is 2.90. The molecule has 0 N–H and O–H groups in total. The fraction of sp³-hybridized carbons (Fsp3) is 0.300. The molecular formula is C20H20N2O2. The van der Waals surface area contributed by atoms with Crippen molar-refractivity contribution in [2.45, 2.75) is 32.6 Å². The van der Waals surface area contributed by atoms with Gasteiger partial charge in [0.15, 0.2) is 0 Å². The SMILES string of the molecule is CC(C)(C)c1ccc(-c2noc(-c3ccc4c(c3)CCO4)n2)cc1. The van der Waals surface area contributed by atoms with Gasteiger partial charge in [0.1, 0.15) is 5.75 Å². The molecule has 1 aromatic heterocycles. The van der Waals surface area contributed by atoms with E-state index in [9.17, 15) is 0 Å². The lowest BCUT2D eigenvalue weighted by Gasteiger charge is -2.18. The molecule has 0 fully saturated rings. The van der Waals surface area contributed by atoms with E-state index >= 15 is 0 Å². The summed E-state index contributed by atoms with van der Waals surface area (Å²) in [4.78, 5) is 4.55. The monoisotopic (exact) mass is 320 g/mol. The van der Waals surface area contributed by atoms with Gasteiger partial charge in [-0.2, -0.15) is 4.98 Å². The maximum Gasteiger partial charge on any atom is 0.258 e. The van der Waals surface area contributed by atoms with Gasteiger partial charge in [-0.05, 0) is 34.7 Å². The summed E-state index contributed by atoms with van der Waals surface area (Å²) in [6.07, 6.45) is 0.929. The molecular weight excluding hydrogens is 300 g/mol. The van der Waals surface area contributed by atoms with Crippen molar-refractivity contribution in [3.05, 3.63) is 53.6 Å². The van der Waals surface area contributed by atoms with Gasteiger partial charge in [-0.1, -0.05) is 50.2 Å². The molecule has 0 bridgehead atoms. The van der Waals surface area contributed by atoms with Crippen LogP contribution >= 0.6 is 0 Å². The van der Waals surface area contributed by atoms with Crippen LogP contribution in [0.4, 0.5) is 0 Å². The third kappa shape index (κ3) is 2.68. The van der Waals surface area contributed by atoms with Gasteiger partial charge in [0, 0.05) is 17.5 Å². The Labute approximate surface area is 141 Å². The smallest absolute Gasteiger partial charge is 0.258 e. The molecule has 0 aliphatic carbocycles. The van der Waals surface area contributed by atoms with Gasteiger partial charge in [-0.25, -0.2) is 0 Å². The molecule has 0 atom stereocenters. The first-order valence-corrected chi connectivity index (χ1v) is 8.21. The molecule has 3 aromatic rings. The second kappa shape index (κ2) is 5.48. The van der Waals surface area contributed by atoms with E-state index in [0.29, 0.717) is 11.7 Å². The third-order valence-electron chi connectivity index (χ3n) is 4.37. The van der Waals surface area contributed by atoms with Gasteiger partial charge in [0.05, 0.1) is 6.61 Å². The first-order valence-electron chi connectivity index (χ1n) is 8.21. The quantitative estimate of drug-likeness (QED) is 0.690. The minimum Gasteiger partial charge on any atom is -0.493 e. The number of rotatable bonds is 2. The average molecular weight is 320 g/mol. The predicted molar refractivity (Wildman–Crippen MR) is 93.1 cm³/mol.